The van der Waals surface area contributed by atoms with E-state index >= 15 is 0 Å². The van der Waals surface area contributed by atoms with Crippen molar-refractivity contribution in [3.05, 3.63) is 66.0 Å². The number of benzene rings is 2. The summed E-state index contributed by atoms with van der Waals surface area (Å²) in [6.07, 6.45) is 0.912. The molecule has 3 rings (SSSR count). The molecular formula is C20H25FN2O. The summed E-state index contributed by atoms with van der Waals surface area (Å²) in [5.74, 6) is 0.793. The zero-order valence-corrected chi connectivity index (χ0v) is 14.0. The summed E-state index contributed by atoms with van der Waals surface area (Å²) in [4.78, 5) is 4.90. The van der Waals surface area contributed by atoms with Gasteiger partial charge in [0.1, 0.15) is 18.2 Å². The van der Waals surface area contributed by atoms with Crippen LogP contribution in [0.5, 0.6) is 5.75 Å². The SMILES string of the molecule is Fc1cccc(CCN2CCN(CCOc3ccccc3)CC2)c1. The number of halogens is 1. The number of rotatable bonds is 7. The van der Waals surface area contributed by atoms with Gasteiger partial charge in [0, 0.05) is 39.3 Å². The molecule has 0 amide bonds. The van der Waals surface area contributed by atoms with Crippen LogP contribution < -0.4 is 4.74 Å². The average molecular weight is 328 g/mol. The Hall–Kier alpha value is -1.91. The summed E-state index contributed by atoms with van der Waals surface area (Å²) in [5.41, 5.74) is 1.08. The van der Waals surface area contributed by atoms with Crippen LogP contribution in [0.2, 0.25) is 0 Å². The fourth-order valence-corrected chi connectivity index (χ4v) is 3.03. The molecule has 24 heavy (non-hydrogen) atoms. The third-order valence-corrected chi connectivity index (χ3v) is 4.49. The monoisotopic (exact) mass is 328 g/mol. The minimum Gasteiger partial charge on any atom is -0.492 e. The van der Waals surface area contributed by atoms with Crippen molar-refractivity contribution in [1.82, 2.24) is 9.80 Å². The van der Waals surface area contributed by atoms with Crippen molar-refractivity contribution >= 4 is 0 Å². The summed E-state index contributed by atoms with van der Waals surface area (Å²) in [6, 6.07) is 16.9. The molecule has 1 aliphatic heterocycles. The van der Waals surface area contributed by atoms with Gasteiger partial charge in [-0.25, -0.2) is 4.39 Å². The van der Waals surface area contributed by atoms with E-state index in [0.717, 1.165) is 63.6 Å². The Morgan fingerprint density at radius 2 is 1.54 bits per heavy atom. The lowest BCUT2D eigenvalue weighted by molar-refractivity contribution is 0.118. The molecule has 0 bridgehead atoms. The molecule has 4 heteroatoms. The van der Waals surface area contributed by atoms with E-state index in [9.17, 15) is 4.39 Å². The summed E-state index contributed by atoms with van der Waals surface area (Å²) < 4.78 is 19.0. The first kappa shape index (κ1) is 16.9. The number of para-hydroxylation sites is 1. The maximum absolute atomic E-state index is 13.2. The molecule has 0 saturated carbocycles. The van der Waals surface area contributed by atoms with Crippen molar-refractivity contribution in [3.63, 3.8) is 0 Å². The first-order valence-corrected chi connectivity index (χ1v) is 8.66. The van der Waals surface area contributed by atoms with Gasteiger partial charge >= 0.3 is 0 Å². The minimum atomic E-state index is -0.143. The molecule has 2 aromatic rings. The van der Waals surface area contributed by atoms with Crippen LogP contribution in [0.1, 0.15) is 5.56 Å². The molecule has 3 nitrogen and oxygen atoms in total. The Morgan fingerprint density at radius 3 is 2.25 bits per heavy atom. The van der Waals surface area contributed by atoms with Gasteiger partial charge in [0.05, 0.1) is 0 Å². The number of hydrogen-bond donors (Lipinski definition) is 0. The Morgan fingerprint density at radius 1 is 0.833 bits per heavy atom. The molecule has 0 unspecified atom stereocenters. The third kappa shape index (κ3) is 5.32. The van der Waals surface area contributed by atoms with Crippen molar-refractivity contribution in [1.29, 1.82) is 0 Å². The topological polar surface area (TPSA) is 15.7 Å². The van der Waals surface area contributed by atoms with Gasteiger partial charge in [-0.15, -0.1) is 0 Å². The van der Waals surface area contributed by atoms with E-state index < -0.39 is 0 Å². The highest BCUT2D eigenvalue weighted by atomic mass is 19.1. The van der Waals surface area contributed by atoms with Gasteiger partial charge in [0.2, 0.25) is 0 Å². The molecule has 1 fully saturated rings. The Bertz CT molecular complexity index is 612. The van der Waals surface area contributed by atoms with Crippen LogP contribution in [0.3, 0.4) is 0 Å². The number of piperazine rings is 1. The van der Waals surface area contributed by atoms with Gasteiger partial charge in [-0.2, -0.15) is 0 Å². The van der Waals surface area contributed by atoms with Crippen LogP contribution in [0.15, 0.2) is 54.6 Å². The minimum absolute atomic E-state index is 0.143. The van der Waals surface area contributed by atoms with Crippen LogP contribution in [-0.4, -0.2) is 55.7 Å². The van der Waals surface area contributed by atoms with E-state index in [4.69, 9.17) is 4.74 Å². The van der Waals surface area contributed by atoms with E-state index in [0.29, 0.717) is 0 Å². The van der Waals surface area contributed by atoms with Crippen molar-refractivity contribution in [3.8, 4) is 5.75 Å². The normalized spacial score (nSPS) is 16.2. The predicted molar refractivity (Wildman–Crippen MR) is 94.9 cm³/mol. The smallest absolute Gasteiger partial charge is 0.123 e. The number of hydrogen-bond acceptors (Lipinski definition) is 3. The van der Waals surface area contributed by atoms with Crippen molar-refractivity contribution in [2.45, 2.75) is 6.42 Å². The summed E-state index contributed by atoms with van der Waals surface area (Å²) >= 11 is 0. The first-order chi connectivity index (χ1) is 11.8. The molecule has 0 spiro atoms. The van der Waals surface area contributed by atoms with Crippen LogP contribution >= 0.6 is 0 Å². The molecule has 0 aromatic heterocycles. The lowest BCUT2D eigenvalue weighted by atomic mass is 10.1. The van der Waals surface area contributed by atoms with Crippen LogP contribution in [0.4, 0.5) is 4.39 Å². The van der Waals surface area contributed by atoms with E-state index in [1.807, 2.05) is 36.4 Å². The standard InChI is InChI=1S/C20H25FN2O/c21-19-6-4-5-18(17-19)9-10-22-11-13-23(14-12-22)15-16-24-20-7-2-1-3-8-20/h1-8,17H,9-16H2. The summed E-state index contributed by atoms with van der Waals surface area (Å²) in [5, 5.41) is 0. The Kier molecular flexibility index (Phi) is 6.21. The highest BCUT2D eigenvalue weighted by molar-refractivity contribution is 5.20. The Labute approximate surface area is 143 Å². The highest BCUT2D eigenvalue weighted by Crippen LogP contribution is 2.09. The molecule has 1 saturated heterocycles. The quantitative estimate of drug-likeness (QED) is 0.777. The molecule has 2 aromatic carbocycles. The van der Waals surface area contributed by atoms with Crippen molar-refractivity contribution < 1.29 is 9.13 Å². The summed E-state index contributed by atoms with van der Waals surface area (Å²) in [7, 11) is 0. The van der Waals surface area contributed by atoms with E-state index in [2.05, 4.69) is 9.80 Å². The fraction of sp³-hybridized carbons (Fsp3) is 0.400. The third-order valence-electron chi connectivity index (χ3n) is 4.49. The van der Waals surface area contributed by atoms with Gasteiger partial charge < -0.3 is 9.64 Å². The number of nitrogens with zero attached hydrogens (tertiary/aromatic N) is 2. The van der Waals surface area contributed by atoms with Crippen LogP contribution in [-0.2, 0) is 6.42 Å². The van der Waals surface area contributed by atoms with Gasteiger partial charge in [0.25, 0.3) is 0 Å². The lowest BCUT2D eigenvalue weighted by Crippen LogP contribution is -2.47. The average Bonchev–Trinajstić information content (AvgIpc) is 2.62. The maximum Gasteiger partial charge on any atom is 0.123 e. The lowest BCUT2D eigenvalue weighted by Gasteiger charge is -2.34. The van der Waals surface area contributed by atoms with Gasteiger partial charge in [-0.1, -0.05) is 30.3 Å². The molecule has 128 valence electrons. The first-order valence-electron chi connectivity index (χ1n) is 8.66. The Balaban J connectivity index is 1.32. The molecule has 1 heterocycles. The zero-order valence-electron chi connectivity index (χ0n) is 14.0. The van der Waals surface area contributed by atoms with Crippen molar-refractivity contribution in [2.24, 2.45) is 0 Å². The zero-order chi connectivity index (χ0) is 16.6. The second-order valence-electron chi connectivity index (χ2n) is 6.22. The predicted octanol–water partition coefficient (Wildman–Crippen LogP) is 3.06. The van der Waals surface area contributed by atoms with Gasteiger partial charge in [0.15, 0.2) is 0 Å². The molecule has 1 aliphatic rings. The summed E-state index contributed by atoms with van der Waals surface area (Å²) in [6.45, 7) is 6.97. The molecular weight excluding hydrogens is 303 g/mol. The van der Waals surface area contributed by atoms with Gasteiger partial charge in [-0.3, -0.25) is 4.90 Å². The second kappa shape index (κ2) is 8.81. The molecule has 0 radical (unpaired) electrons. The molecule has 0 atom stereocenters. The van der Waals surface area contributed by atoms with Crippen molar-refractivity contribution in [2.75, 3.05) is 45.9 Å². The van der Waals surface area contributed by atoms with E-state index in [1.54, 1.807) is 12.1 Å². The molecule has 0 aliphatic carbocycles. The largest absolute Gasteiger partial charge is 0.492 e. The van der Waals surface area contributed by atoms with E-state index in [1.165, 1.54) is 6.07 Å². The highest BCUT2D eigenvalue weighted by Gasteiger charge is 2.16. The van der Waals surface area contributed by atoms with Crippen LogP contribution in [0.25, 0.3) is 0 Å². The van der Waals surface area contributed by atoms with Crippen LogP contribution in [0, 0.1) is 5.82 Å². The van der Waals surface area contributed by atoms with E-state index in [-0.39, 0.29) is 5.82 Å². The maximum atomic E-state index is 13.2. The van der Waals surface area contributed by atoms with Gasteiger partial charge in [-0.05, 0) is 36.2 Å². The number of ether oxygens (including phenoxy) is 1. The second-order valence-corrected chi connectivity index (χ2v) is 6.22. The molecule has 0 N–H and O–H groups in total. The fourth-order valence-electron chi connectivity index (χ4n) is 3.03.